The lowest BCUT2D eigenvalue weighted by Gasteiger charge is -2.11. The van der Waals surface area contributed by atoms with Gasteiger partial charge in [0.1, 0.15) is 11.6 Å². The van der Waals surface area contributed by atoms with E-state index in [1.54, 1.807) is 13.3 Å². The first-order valence-electron chi connectivity index (χ1n) is 6.64. The predicted molar refractivity (Wildman–Crippen MR) is 75.7 cm³/mol. The number of benzene rings is 1. The van der Waals surface area contributed by atoms with Crippen molar-refractivity contribution >= 4 is 0 Å². The highest BCUT2D eigenvalue weighted by Gasteiger charge is 2.08. The molecule has 5 nitrogen and oxygen atoms in total. The normalized spacial score (nSPS) is 12.3. The fourth-order valence-corrected chi connectivity index (χ4v) is 2.07. The molecule has 1 unspecified atom stereocenters. The van der Waals surface area contributed by atoms with Crippen LogP contribution >= 0.6 is 0 Å². The number of aryl methyl sites for hydroxylation is 2. The predicted octanol–water partition coefficient (Wildman–Crippen LogP) is 1.03. The highest BCUT2D eigenvalue weighted by molar-refractivity contribution is 5.27. The van der Waals surface area contributed by atoms with Crippen LogP contribution < -0.4 is 4.74 Å². The van der Waals surface area contributed by atoms with E-state index in [0.717, 1.165) is 24.4 Å². The van der Waals surface area contributed by atoms with Gasteiger partial charge in [0.2, 0.25) is 0 Å². The molecule has 1 atom stereocenters. The number of aliphatic hydroxyl groups is 2. The van der Waals surface area contributed by atoms with Gasteiger partial charge in [-0.2, -0.15) is 0 Å². The van der Waals surface area contributed by atoms with Crippen molar-refractivity contribution in [2.75, 3.05) is 13.7 Å². The Morgan fingerprint density at radius 2 is 2.00 bits per heavy atom. The molecule has 20 heavy (non-hydrogen) atoms. The minimum absolute atomic E-state index is 0.240. The average Bonchev–Trinajstić information content (AvgIpc) is 2.92. The van der Waals surface area contributed by atoms with Crippen molar-refractivity contribution in [3.05, 3.63) is 48.0 Å². The summed E-state index contributed by atoms with van der Waals surface area (Å²) in [6, 6.07) is 7.96. The minimum atomic E-state index is -0.746. The molecule has 0 aliphatic rings. The number of aromatic nitrogens is 2. The number of rotatable bonds is 7. The fourth-order valence-electron chi connectivity index (χ4n) is 2.07. The lowest BCUT2D eigenvalue weighted by molar-refractivity contribution is 0.0805. The molecule has 108 valence electrons. The van der Waals surface area contributed by atoms with E-state index < -0.39 is 6.10 Å². The number of imidazole rings is 1. The van der Waals surface area contributed by atoms with E-state index in [1.165, 1.54) is 5.56 Å². The Morgan fingerprint density at radius 1 is 1.25 bits per heavy atom. The second kappa shape index (κ2) is 7.07. The summed E-state index contributed by atoms with van der Waals surface area (Å²) >= 11 is 0. The van der Waals surface area contributed by atoms with Crippen molar-refractivity contribution in [3.8, 4) is 5.75 Å². The Morgan fingerprint density at radius 3 is 2.65 bits per heavy atom. The van der Waals surface area contributed by atoms with Gasteiger partial charge in [-0.1, -0.05) is 12.1 Å². The molecule has 0 amide bonds. The van der Waals surface area contributed by atoms with E-state index in [4.69, 9.17) is 9.84 Å². The maximum atomic E-state index is 9.48. The topological polar surface area (TPSA) is 67.5 Å². The van der Waals surface area contributed by atoms with Gasteiger partial charge >= 0.3 is 0 Å². The van der Waals surface area contributed by atoms with E-state index in [2.05, 4.69) is 4.98 Å². The summed E-state index contributed by atoms with van der Waals surface area (Å²) in [6.07, 6.45) is 4.45. The molecule has 0 aliphatic carbocycles. The Labute approximate surface area is 118 Å². The average molecular weight is 276 g/mol. The zero-order valence-electron chi connectivity index (χ0n) is 11.6. The smallest absolute Gasteiger partial charge is 0.118 e. The van der Waals surface area contributed by atoms with Crippen molar-refractivity contribution in [3.63, 3.8) is 0 Å². The van der Waals surface area contributed by atoms with Gasteiger partial charge in [0.15, 0.2) is 0 Å². The first-order chi connectivity index (χ1) is 9.72. The van der Waals surface area contributed by atoms with Gasteiger partial charge in [0.05, 0.1) is 26.4 Å². The largest absolute Gasteiger partial charge is 0.497 e. The number of hydrogen-bond donors (Lipinski definition) is 2. The molecule has 0 aliphatic heterocycles. The highest BCUT2D eigenvalue weighted by atomic mass is 16.5. The number of aliphatic hydroxyl groups excluding tert-OH is 2. The molecule has 0 radical (unpaired) electrons. The SMILES string of the molecule is COc1ccc(CCc2nccn2CC(O)CO)cc1. The minimum Gasteiger partial charge on any atom is -0.497 e. The zero-order chi connectivity index (χ0) is 14.4. The van der Waals surface area contributed by atoms with Crippen LogP contribution in [-0.2, 0) is 19.4 Å². The molecule has 1 aromatic heterocycles. The van der Waals surface area contributed by atoms with Crippen molar-refractivity contribution in [2.24, 2.45) is 0 Å². The van der Waals surface area contributed by atoms with E-state index in [1.807, 2.05) is 35.0 Å². The van der Waals surface area contributed by atoms with E-state index in [0.29, 0.717) is 6.54 Å². The quantitative estimate of drug-likeness (QED) is 0.792. The molecule has 1 aromatic carbocycles. The number of nitrogens with zero attached hydrogens (tertiary/aromatic N) is 2. The number of hydrogen-bond acceptors (Lipinski definition) is 4. The summed E-state index contributed by atoms with van der Waals surface area (Å²) < 4.78 is 7.01. The molecule has 2 aromatic rings. The van der Waals surface area contributed by atoms with Gasteiger partial charge < -0.3 is 19.5 Å². The van der Waals surface area contributed by atoms with Crippen LogP contribution in [0.15, 0.2) is 36.7 Å². The van der Waals surface area contributed by atoms with Gasteiger partial charge in [-0.25, -0.2) is 4.98 Å². The van der Waals surface area contributed by atoms with E-state index in [9.17, 15) is 5.11 Å². The molecule has 0 saturated heterocycles. The Bertz CT molecular complexity index is 522. The van der Waals surface area contributed by atoms with Crippen LogP contribution in [0.1, 0.15) is 11.4 Å². The van der Waals surface area contributed by atoms with Gasteiger partial charge in [-0.15, -0.1) is 0 Å². The summed E-state index contributed by atoms with van der Waals surface area (Å²) in [5.41, 5.74) is 1.21. The van der Waals surface area contributed by atoms with Crippen molar-refractivity contribution in [2.45, 2.75) is 25.5 Å². The van der Waals surface area contributed by atoms with Crippen LogP contribution in [0.2, 0.25) is 0 Å². The summed E-state index contributed by atoms with van der Waals surface area (Å²) in [4.78, 5) is 4.30. The maximum Gasteiger partial charge on any atom is 0.118 e. The molecular formula is C15H20N2O3. The Hall–Kier alpha value is -1.85. The van der Waals surface area contributed by atoms with Crippen molar-refractivity contribution in [1.29, 1.82) is 0 Å². The monoisotopic (exact) mass is 276 g/mol. The highest BCUT2D eigenvalue weighted by Crippen LogP contribution is 2.13. The van der Waals surface area contributed by atoms with Gasteiger partial charge in [0.25, 0.3) is 0 Å². The molecule has 0 bridgehead atoms. The summed E-state index contributed by atoms with van der Waals surface area (Å²) in [5, 5.41) is 18.4. The summed E-state index contributed by atoms with van der Waals surface area (Å²) in [5.74, 6) is 1.76. The Kier molecular flexibility index (Phi) is 5.15. The second-order valence-electron chi connectivity index (χ2n) is 4.68. The summed E-state index contributed by atoms with van der Waals surface area (Å²) in [6.45, 7) is 0.130. The third-order valence-electron chi connectivity index (χ3n) is 3.22. The fraction of sp³-hybridized carbons (Fsp3) is 0.400. The molecule has 0 spiro atoms. The van der Waals surface area contributed by atoms with Crippen LogP contribution in [0.25, 0.3) is 0 Å². The lowest BCUT2D eigenvalue weighted by Crippen LogP contribution is -2.21. The van der Waals surface area contributed by atoms with E-state index >= 15 is 0 Å². The lowest BCUT2D eigenvalue weighted by atomic mass is 10.1. The Balaban J connectivity index is 1.94. The molecule has 2 N–H and O–H groups in total. The third kappa shape index (κ3) is 3.82. The van der Waals surface area contributed by atoms with Crippen LogP contribution in [-0.4, -0.2) is 39.6 Å². The van der Waals surface area contributed by atoms with Crippen molar-refractivity contribution < 1.29 is 14.9 Å². The van der Waals surface area contributed by atoms with E-state index in [-0.39, 0.29) is 6.61 Å². The molecule has 0 fully saturated rings. The molecule has 5 heteroatoms. The standard InChI is InChI=1S/C15H20N2O3/c1-20-14-5-2-12(3-6-14)4-7-15-16-8-9-17(15)10-13(19)11-18/h2-3,5-6,8-9,13,18-19H,4,7,10-11H2,1H3. The molecular weight excluding hydrogens is 256 g/mol. The van der Waals surface area contributed by atoms with Gasteiger partial charge in [-0.05, 0) is 24.1 Å². The number of ether oxygens (including phenoxy) is 1. The van der Waals surface area contributed by atoms with Gasteiger partial charge in [0, 0.05) is 18.8 Å². The molecule has 0 saturated carbocycles. The second-order valence-corrected chi connectivity index (χ2v) is 4.68. The van der Waals surface area contributed by atoms with Crippen LogP contribution in [0.3, 0.4) is 0 Å². The number of methoxy groups -OCH3 is 1. The van der Waals surface area contributed by atoms with Crippen LogP contribution in [0.5, 0.6) is 5.75 Å². The molecule has 1 heterocycles. The van der Waals surface area contributed by atoms with Gasteiger partial charge in [-0.3, -0.25) is 0 Å². The van der Waals surface area contributed by atoms with Crippen molar-refractivity contribution in [1.82, 2.24) is 9.55 Å². The maximum absolute atomic E-state index is 9.48. The summed E-state index contributed by atoms with van der Waals surface area (Å²) in [7, 11) is 1.65. The molecule has 2 rings (SSSR count). The third-order valence-corrected chi connectivity index (χ3v) is 3.22. The van der Waals surface area contributed by atoms with Crippen LogP contribution in [0.4, 0.5) is 0 Å². The van der Waals surface area contributed by atoms with Crippen LogP contribution in [0, 0.1) is 0 Å². The first kappa shape index (κ1) is 14.6. The zero-order valence-corrected chi connectivity index (χ0v) is 11.6. The first-order valence-corrected chi connectivity index (χ1v) is 6.64.